The first-order valence-corrected chi connectivity index (χ1v) is 10.6. The van der Waals surface area contributed by atoms with Gasteiger partial charge in [-0.3, -0.25) is 4.79 Å². The fourth-order valence-electron chi connectivity index (χ4n) is 4.72. The minimum atomic E-state index is -0.00955. The molecule has 1 aromatic carbocycles. The summed E-state index contributed by atoms with van der Waals surface area (Å²) in [6, 6.07) is 8.45. The number of amides is 1. The Balaban J connectivity index is 1.55. The Kier molecular flexibility index (Phi) is 4.49. The number of carbonyl (C=O) groups excluding carboxylic acids is 1. The van der Waals surface area contributed by atoms with Gasteiger partial charge in [0.1, 0.15) is 11.3 Å². The van der Waals surface area contributed by atoms with Gasteiger partial charge in [-0.2, -0.15) is 0 Å². The predicted octanol–water partition coefficient (Wildman–Crippen LogP) is 4.21. The van der Waals surface area contributed by atoms with Crippen LogP contribution in [0.15, 0.2) is 24.3 Å². The zero-order valence-electron chi connectivity index (χ0n) is 17.0. The minimum Gasteiger partial charge on any atom is -0.366 e. The van der Waals surface area contributed by atoms with Gasteiger partial charge in [0.2, 0.25) is 0 Å². The van der Waals surface area contributed by atoms with Crippen LogP contribution >= 0.6 is 0 Å². The van der Waals surface area contributed by atoms with Crippen molar-refractivity contribution in [3.05, 3.63) is 41.2 Å². The molecule has 150 valence electrons. The summed E-state index contributed by atoms with van der Waals surface area (Å²) in [6.45, 7) is 5.02. The summed E-state index contributed by atoms with van der Waals surface area (Å²) < 4.78 is 0. The fourth-order valence-corrected chi connectivity index (χ4v) is 4.72. The Bertz CT molecular complexity index is 1090. The second-order valence-corrected chi connectivity index (χ2v) is 8.53. The summed E-state index contributed by atoms with van der Waals surface area (Å²) in [5, 5.41) is 6.57. The number of hydrogen-bond donors (Lipinski definition) is 3. The summed E-state index contributed by atoms with van der Waals surface area (Å²) in [5.74, 6) is 1.62. The normalized spacial score (nSPS) is 21.7. The van der Waals surface area contributed by atoms with E-state index in [0.717, 1.165) is 57.4 Å². The molecular formula is C23H27N5O. The van der Waals surface area contributed by atoms with Crippen LogP contribution in [0.25, 0.3) is 22.3 Å². The third kappa shape index (κ3) is 3.37. The van der Waals surface area contributed by atoms with E-state index in [1.807, 2.05) is 31.2 Å². The molecule has 2 atom stereocenters. The van der Waals surface area contributed by atoms with Gasteiger partial charge in [-0.25, -0.2) is 9.97 Å². The molecule has 3 N–H and O–H groups in total. The lowest BCUT2D eigenvalue weighted by Crippen LogP contribution is -2.31. The first-order chi connectivity index (χ1) is 14.1. The molecule has 3 heterocycles. The maximum atomic E-state index is 12.2. The third-order valence-corrected chi connectivity index (χ3v) is 6.24. The van der Waals surface area contributed by atoms with E-state index in [4.69, 9.17) is 9.97 Å². The summed E-state index contributed by atoms with van der Waals surface area (Å²) in [7, 11) is 0. The molecular weight excluding hydrogens is 362 g/mol. The number of aromatic nitrogens is 3. The Morgan fingerprint density at radius 2 is 2.07 bits per heavy atom. The molecule has 29 heavy (non-hydrogen) atoms. The van der Waals surface area contributed by atoms with E-state index in [1.165, 1.54) is 25.7 Å². The first kappa shape index (κ1) is 18.2. The summed E-state index contributed by atoms with van der Waals surface area (Å²) in [6.07, 6.45) is 5.77. The number of aryl methyl sites for hydroxylation is 1. The number of hydrogen-bond acceptors (Lipinski definition) is 4. The molecule has 1 fully saturated rings. The van der Waals surface area contributed by atoms with Gasteiger partial charge in [0, 0.05) is 36.0 Å². The second kappa shape index (κ2) is 7.17. The van der Waals surface area contributed by atoms with Crippen LogP contribution in [0.3, 0.4) is 0 Å². The zero-order chi connectivity index (χ0) is 20.0. The van der Waals surface area contributed by atoms with Crippen LogP contribution in [0.5, 0.6) is 0 Å². The van der Waals surface area contributed by atoms with Crippen LogP contribution in [0, 0.1) is 12.8 Å². The third-order valence-electron chi connectivity index (χ3n) is 6.24. The molecule has 0 spiro atoms. The molecule has 6 heteroatoms. The van der Waals surface area contributed by atoms with Crippen LogP contribution < -0.4 is 10.6 Å². The lowest BCUT2D eigenvalue weighted by atomic mass is 9.87. The Morgan fingerprint density at radius 3 is 2.90 bits per heavy atom. The molecule has 2 aliphatic rings. The molecule has 6 nitrogen and oxygen atoms in total. The zero-order valence-corrected chi connectivity index (χ0v) is 17.0. The van der Waals surface area contributed by atoms with Crippen LogP contribution in [-0.4, -0.2) is 33.4 Å². The maximum absolute atomic E-state index is 12.2. The Labute approximate surface area is 170 Å². The number of nitrogens with zero attached hydrogens (tertiary/aromatic N) is 2. The van der Waals surface area contributed by atoms with Crippen molar-refractivity contribution in [3.63, 3.8) is 0 Å². The number of H-pyrrole nitrogens is 1. The van der Waals surface area contributed by atoms with E-state index >= 15 is 0 Å². The smallest absolute Gasteiger partial charge is 0.253 e. The van der Waals surface area contributed by atoms with Gasteiger partial charge in [-0.1, -0.05) is 31.9 Å². The van der Waals surface area contributed by atoms with Crippen molar-refractivity contribution in [1.29, 1.82) is 0 Å². The van der Waals surface area contributed by atoms with Crippen LogP contribution in [-0.2, 0) is 6.42 Å². The van der Waals surface area contributed by atoms with E-state index in [0.29, 0.717) is 12.6 Å². The molecule has 1 amide bonds. The molecule has 1 saturated carbocycles. The van der Waals surface area contributed by atoms with Gasteiger partial charge >= 0.3 is 0 Å². The number of benzene rings is 1. The van der Waals surface area contributed by atoms with Crippen molar-refractivity contribution < 1.29 is 4.79 Å². The monoisotopic (exact) mass is 389 g/mol. The number of rotatable bonds is 3. The van der Waals surface area contributed by atoms with E-state index in [1.54, 1.807) is 0 Å². The number of aromatic amines is 1. The highest BCUT2D eigenvalue weighted by Crippen LogP contribution is 2.31. The maximum Gasteiger partial charge on any atom is 0.253 e. The van der Waals surface area contributed by atoms with Crippen molar-refractivity contribution in [2.75, 3.05) is 11.9 Å². The largest absolute Gasteiger partial charge is 0.366 e. The van der Waals surface area contributed by atoms with Crippen LogP contribution in [0.2, 0.25) is 0 Å². The van der Waals surface area contributed by atoms with Crippen LogP contribution in [0.4, 0.5) is 5.82 Å². The van der Waals surface area contributed by atoms with Crippen molar-refractivity contribution in [2.45, 2.75) is 52.0 Å². The average molecular weight is 390 g/mol. The summed E-state index contributed by atoms with van der Waals surface area (Å²) in [4.78, 5) is 25.4. The molecule has 0 unspecified atom stereocenters. The highest BCUT2D eigenvalue weighted by Gasteiger charge is 2.22. The Morgan fingerprint density at radius 1 is 1.17 bits per heavy atom. The molecule has 1 aliphatic heterocycles. The van der Waals surface area contributed by atoms with Crippen molar-refractivity contribution in [3.8, 4) is 11.3 Å². The van der Waals surface area contributed by atoms with Crippen molar-refractivity contribution in [2.24, 2.45) is 5.92 Å². The van der Waals surface area contributed by atoms with Crippen molar-refractivity contribution >= 4 is 22.8 Å². The van der Waals surface area contributed by atoms with E-state index in [9.17, 15) is 4.79 Å². The van der Waals surface area contributed by atoms with Gasteiger partial charge in [-0.15, -0.1) is 0 Å². The molecule has 5 rings (SSSR count). The highest BCUT2D eigenvalue weighted by molar-refractivity contribution is 5.99. The first-order valence-electron chi connectivity index (χ1n) is 10.6. The Hall–Kier alpha value is -2.89. The SMILES string of the molecule is Cc1nc2cccc(-c3cc4c([nH]3)CCNC4=O)c2nc1N[C@H]1CCC[C@@H](C)C1. The van der Waals surface area contributed by atoms with Gasteiger partial charge in [0.15, 0.2) is 0 Å². The van der Waals surface area contributed by atoms with Gasteiger partial charge in [0.05, 0.1) is 16.8 Å². The average Bonchev–Trinajstić information content (AvgIpc) is 3.14. The molecule has 0 saturated heterocycles. The quantitative estimate of drug-likeness (QED) is 0.627. The topological polar surface area (TPSA) is 82.7 Å². The number of fused-ring (bicyclic) bond motifs is 2. The minimum absolute atomic E-state index is 0.00955. The number of anilines is 1. The lowest BCUT2D eigenvalue weighted by Gasteiger charge is -2.28. The van der Waals surface area contributed by atoms with Gasteiger partial charge in [0.25, 0.3) is 5.91 Å². The molecule has 3 aromatic rings. The number of para-hydroxylation sites is 1. The fraction of sp³-hybridized carbons (Fsp3) is 0.435. The van der Waals surface area contributed by atoms with E-state index in [2.05, 4.69) is 22.5 Å². The molecule has 0 radical (unpaired) electrons. The standard InChI is InChI=1S/C23H27N5O/c1-13-5-3-6-15(11-13)26-22-14(2)25-19-8-4-7-16(21(19)28-22)20-12-17-18(27-20)9-10-24-23(17)29/h4,7-8,12-13,15,27H,3,5-6,9-11H2,1-2H3,(H,24,29)(H,26,28)/t13-,15+/m1/s1. The van der Waals surface area contributed by atoms with Gasteiger partial charge in [-0.05, 0) is 37.8 Å². The second-order valence-electron chi connectivity index (χ2n) is 8.53. The summed E-state index contributed by atoms with van der Waals surface area (Å²) >= 11 is 0. The molecule has 2 aromatic heterocycles. The van der Waals surface area contributed by atoms with E-state index < -0.39 is 0 Å². The van der Waals surface area contributed by atoms with Gasteiger partial charge < -0.3 is 15.6 Å². The number of carbonyl (C=O) groups is 1. The number of nitrogens with one attached hydrogen (secondary N) is 3. The van der Waals surface area contributed by atoms with Crippen LogP contribution in [0.1, 0.15) is 54.4 Å². The van der Waals surface area contributed by atoms with E-state index in [-0.39, 0.29) is 5.91 Å². The lowest BCUT2D eigenvalue weighted by molar-refractivity contribution is 0.0946. The molecule has 1 aliphatic carbocycles. The molecule has 0 bridgehead atoms. The summed E-state index contributed by atoms with van der Waals surface area (Å²) in [5.41, 5.74) is 6.31. The van der Waals surface area contributed by atoms with Crippen molar-refractivity contribution in [1.82, 2.24) is 20.3 Å². The predicted molar refractivity (Wildman–Crippen MR) is 115 cm³/mol. The highest BCUT2D eigenvalue weighted by atomic mass is 16.1.